The highest BCUT2D eigenvalue weighted by Gasteiger charge is 2.30. The normalized spacial score (nSPS) is 22.8. The number of fused-ring (bicyclic) bond motifs is 1. The second-order valence-electron chi connectivity index (χ2n) is 6.36. The molecule has 0 aromatic rings. The molecule has 3 aliphatic rings. The number of carbonyl (C=O) groups excluding carboxylic acids is 1. The maximum absolute atomic E-state index is 12.9. The first-order chi connectivity index (χ1) is 10.9. The Labute approximate surface area is 134 Å². The van der Waals surface area contributed by atoms with Crippen LogP contribution >= 0.6 is 0 Å². The van der Waals surface area contributed by atoms with E-state index in [0.717, 1.165) is 88.2 Å². The van der Waals surface area contributed by atoms with E-state index in [2.05, 4.69) is 23.7 Å². The van der Waals surface area contributed by atoms with Gasteiger partial charge in [-0.3, -0.25) is 4.79 Å². The Hall–Kier alpha value is -1.73. The SMILES string of the molecule is O=C1C2=C(CCCC#CCCC2)C2=C1CCCC#CCCC2. The summed E-state index contributed by atoms with van der Waals surface area (Å²) in [7, 11) is 0. The van der Waals surface area contributed by atoms with Crippen molar-refractivity contribution in [1.29, 1.82) is 0 Å². The molecule has 1 nitrogen and oxygen atoms in total. The first-order valence-electron chi connectivity index (χ1n) is 8.78. The topological polar surface area (TPSA) is 17.1 Å². The number of Topliss-reactive ketones (excluding diaryl/α,β-unsaturated/α-hetero) is 1. The monoisotopic (exact) mass is 292 g/mol. The lowest BCUT2D eigenvalue weighted by Crippen LogP contribution is -2.03. The predicted molar refractivity (Wildman–Crippen MR) is 90.0 cm³/mol. The average Bonchev–Trinajstić information content (AvgIpc) is 2.80. The molecule has 0 radical (unpaired) electrons. The van der Waals surface area contributed by atoms with Gasteiger partial charge in [-0.05, 0) is 62.5 Å². The molecule has 3 aliphatic carbocycles. The van der Waals surface area contributed by atoms with Crippen LogP contribution in [0.4, 0.5) is 0 Å². The fourth-order valence-electron chi connectivity index (χ4n) is 3.72. The number of rotatable bonds is 0. The van der Waals surface area contributed by atoms with Gasteiger partial charge in [-0.15, -0.1) is 23.7 Å². The quantitative estimate of drug-likeness (QED) is 0.582. The molecule has 0 saturated carbocycles. The molecule has 0 amide bonds. The summed E-state index contributed by atoms with van der Waals surface area (Å²) in [5.41, 5.74) is 5.07. The molecule has 0 aliphatic heterocycles. The molecule has 114 valence electrons. The van der Waals surface area contributed by atoms with Gasteiger partial charge in [-0.1, -0.05) is 0 Å². The fourth-order valence-corrected chi connectivity index (χ4v) is 3.72. The molecule has 22 heavy (non-hydrogen) atoms. The van der Waals surface area contributed by atoms with Gasteiger partial charge in [-0.2, -0.15) is 0 Å². The lowest BCUT2D eigenvalue weighted by atomic mass is 9.92. The number of carbonyl (C=O) groups is 1. The van der Waals surface area contributed by atoms with E-state index >= 15 is 0 Å². The third kappa shape index (κ3) is 3.36. The number of hydrogen-bond donors (Lipinski definition) is 0. The summed E-state index contributed by atoms with van der Waals surface area (Å²) < 4.78 is 0. The van der Waals surface area contributed by atoms with Crippen molar-refractivity contribution in [3.05, 3.63) is 22.3 Å². The van der Waals surface area contributed by atoms with E-state index in [1.54, 1.807) is 0 Å². The van der Waals surface area contributed by atoms with Crippen LogP contribution in [-0.2, 0) is 4.79 Å². The van der Waals surface area contributed by atoms with Crippen molar-refractivity contribution in [2.45, 2.75) is 77.0 Å². The molecule has 0 aromatic carbocycles. The highest BCUT2D eigenvalue weighted by Crippen LogP contribution is 2.40. The van der Waals surface area contributed by atoms with Crippen LogP contribution in [0.2, 0.25) is 0 Å². The van der Waals surface area contributed by atoms with Gasteiger partial charge < -0.3 is 0 Å². The van der Waals surface area contributed by atoms with Gasteiger partial charge >= 0.3 is 0 Å². The molecule has 3 rings (SSSR count). The Bertz CT molecular complexity index is 581. The van der Waals surface area contributed by atoms with E-state index in [4.69, 9.17) is 0 Å². The van der Waals surface area contributed by atoms with Crippen molar-refractivity contribution < 1.29 is 4.79 Å². The lowest BCUT2D eigenvalue weighted by Gasteiger charge is -2.12. The third-order valence-corrected chi connectivity index (χ3v) is 4.81. The van der Waals surface area contributed by atoms with Gasteiger partial charge in [-0.25, -0.2) is 0 Å². The first-order valence-corrected chi connectivity index (χ1v) is 8.78. The standard InChI is InChI=1S/C21H24O/c22-21-19-15-11-7-3-1-5-9-13-17(19)18-14-10-6-2-4-8-12-16-20(18)21/h5-16H2. The number of allylic oxidation sites excluding steroid dienone is 4. The smallest absolute Gasteiger partial charge is 0.185 e. The molecule has 0 N–H and O–H groups in total. The fraction of sp³-hybridized carbons (Fsp3) is 0.571. The van der Waals surface area contributed by atoms with Crippen LogP contribution < -0.4 is 0 Å². The zero-order valence-corrected chi connectivity index (χ0v) is 13.4. The average molecular weight is 292 g/mol. The Kier molecular flexibility index (Phi) is 5.18. The van der Waals surface area contributed by atoms with Crippen LogP contribution in [-0.4, -0.2) is 5.78 Å². The molecular weight excluding hydrogens is 268 g/mol. The molecule has 0 aromatic heterocycles. The Balaban J connectivity index is 1.87. The summed E-state index contributed by atoms with van der Waals surface area (Å²) in [5.74, 6) is 13.4. The van der Waals surface area contributed by atoms with Crippen molar-refractivity contribution in [3.8, 4) is 23.7 Å². The zero-order chi connectivity index (χ0) is 15.2. The van der Waals surface area contributed by atoms with Crippen LogP contribution in [0, 0.1) is 23.7 Å². The summed E-state index contributed by atoms with van der Waals surface area (Å²) in [6, 6.07) is 0. The maximum Gasteiger partial charge on any atom is 0.185 e. The lowest BCUT2D eigenvalue weighted by molar-refractivity contribution is -0.112. The molecule has 0 heterocycles. The number of ketones is 1. The molecule has 0 saturated heterocycles. The predicted octanol–water partition coefficient (Wildman–Crippen LogP) is 4.88. The molecule has 0 fully saturated rings. The molecule has 0 unspecified atom stereocenters. The van der Waals surface area contributed by atoms with E-state index in [0.29, 0.717) is 5.78 Å². The highest BCUT2D eigenvalue weighted by atomic mass is 16.1. The van der Waals surface area contributed by atoms with E-state index < -0.39 is 0 Å². The second kappa shape index (κ2) is 7.51. The van der Waals surface area contributed by atoms with Gasteiger partial charge in [0.25, 0.3) is 0 Å². The van der Waals surface area contributed by atoms with E-state index in [1.165, 1.54) is 11.1 Å². The maximum atomic E-state index is 12.9. The van der Waals surface area contributed by atoms with Gasteiger partial charge in [0.1, 0.15) is 0 Å². The van der Waals surface area contributed by atoms with Crippen molar-refractivity contribution in [2.24, 2.45) is 0 Å². The number of hydrogen-bond acceptors (Lipinski definition) is 1. The second-order valence-corrected chi connectivity index (χ2v) is 6.36. The Morgan fingerprint density at radius 2 is 0.818 bits per heavy atom. The van der Waals surface area contributed by atoms with Gasteiger partial charge in [0.05, 0.1) is 0 Å². The summed E-state index contributed by atoms with van der Waals surface area (Å²) >= 11 is 0. The first kappa shape index (κ1) is 15.2. The summed E-state index contributed by atoms with van der Waals surface area (Å²) in [4.78, 5) is 12.9. The molecule has 0 bridgehead atoms. The molecule has 0 atom stereocenters. The van der Waals surface area contributed by atoms with Gasteiger partial charge in [0, 0.05) is 36.8 Å². The van der Waals surface area contributed by atoms with Crippen LogP contribution in [0.1, 0.15) is 77.0 Å². The Morgan fingerprint density at radius 3 is 1.18 bits per heavy atom. The highest BCUT2D eigenvalue weighted by molar-refractivity contribution is 6.13. The van der Waals surface area contributed by atoms with Crippen molar-refractivity contribution in [2.75, 3.05) is 0 Å². The van der Waals surface area contributed by atoms with Crippen LogP contribution in [0.15, 0.2) is 22.3 Å². The molecular formula is C21H24O. The minimum atomic E-state index is 0.368. The van der Waals surface area contributed by atoms with E-state index in [9.17, 15) is 4.79 Å². The molecule has 0 spiro atoms. The van der Waals surface area contributed by atoms with Crippen LogP contribution in [0.25, 0.3) is 0 Å². The largest absolute Gasteiger partial charge is 0.289 e. The summed E-state index contributed by atoms with van der Waals surface area (Å²) in [6.07, 6.45) is 12.0. The zero-order valence-electron chi connectivity index (χ0n) is 13.4. The Morgan fingerprint density at radius 1 is 0.500 bits per heavy atom. The van der Waals surface area contributed by atoms with E-state index in [1.807, 2.05) is 0 Å². The van der Waals surface area contributed by atoms with Crippen LogP contribution in [0.5, 0.6) is 0 Å². The minimum Gasteiger partial charge on any atom is -0.289 e. The minimum absolute atomic E-state index is 0.368. The van der Waals surface area contributed by atoms with Gasteiger partial charge in [0.2, 0.25) is 0 Å². The summed E-state index contributed by atoms with van der Waals surface area (Å²) in [5, 5.41) is 0. The van der Waals surface area contributed by atoms with Gasteiger partial charge in [0.15, 0.2) is 5.78 Å². The van der Waals surface area contributed by atoms with Crippen LogP contribution in [0.3, 0.4) is 0 Å². The third-order valence-electron chi connectivity index (χ3n) is 4.81. The van der Waals surface area contributed by atoms with Crippen molar-refractivity contribution in [1.82, 2.24) is 0 Å². The van der Waals surface area contributed by atoms with Crippen molar-refractivity contribution in [3.63, 3.8) is 0 Å². The van der Waals surface area contributed by atoms with E-state index in [-0.39, 0.29) is 0 Å². The molecule has 1 heteroatoms. The summed E-state index contributed by atoms with van der Waals surface area (Å²) in [6.45, 7) is 0. The van der Waals surface area contributed by atoms with Crippen molar-refractivity contribution >= 4 is 5.78 Å².